The van der Waals surface area contributed by atoms with Crippen molar-refractivity contribution in [3.63, 3.8) is 0 Å². The number of halogens is 1. The van der Waals surface area contributed by atoms with Gasteiger partial charge in [0, 0.05) is 18.0 Å². The summed E-state index contributed by atoms with van der Waals surface area (Å²) in [5, 5.41) is 3.51. The van der Waals surface area contributed by atoms with Gasteiger partial charge in [0.1, 0.15) is 0 Å². The Morgan fingerprint density at radius 1 is 1.43 bits per heavy atom. The predicted octanol–water partition coefficient (Wildman–Crippen LogP) is 2.55. The van der Waals surface area contributed by atoms with Crippen LogP contribution in [0.5, 0.6) is 0 Å². The van der Waals surface area contributed by atoms with E-state index in [2.05, 4.69) is 26.1 Å². The van der Waals surface area contributed by atoms with Crippen molar-refractivity contribution in [3.05, 3.63) is 0 Å². The number of hydrogen-bond donors (Lipinski definition) is 1. The fourth-order valence-corrected chi connectivity index (χ4v) is 2.22. The van der Waals surface area contributed by atoms with Crippen molar-refractivity contribution in [2.45, 2.75) is 57.8 Å². The van der Waals surface area contributed by atoms with Gasteiger partial charge in [-0.1, -0.05) is 0 Å². The smallest absolute Gasteiger partial charge is 0.0704 e. The highest BCUT2D eigenvalue weighted by Crippen LogP contribution is 2.19. The fourth-order valence-electron chi connectivity index (χ4n) is 1.75. The molecule has 14 heavy (non-hydrogen) atoms. The predicted molar refractivity (Wildman–Crippen MR) is 61.0 cm³/mol. The maximum Gasteiger partial charge on any atom is 0.0704 e. The molecule has 0 saturated carbocycles. The summed E-state index contributed by atoms with van der Waals surface area (Å²) in [6, 6.07) is 0. The van der Waals surface area contributed by atoms with Crippen LogP contribution in [0.4, 0.5) is 0 Å². The molecule has 0 aromatic carbocycles. The normalized spacial score (nSPS) is 28.3. The van der Waals surface area contributed by atoms with Crippen molar-refractivity contribution in [1.82, 2.24) is 5.32 Å². The first kappa shape index (κ1) is 12.3. The highest BCUT2D eigenvalue weighted by atomic mass is 35.5. The molecule has 1 rings (SSSR count). The Kier molecular flexibility index (Phi) is 4.68. The van der Waals surface area contributed by atoms with Gasteiger partial charge in [0.15, 0.2) is 0 Å². The monoisotopic (exact) mass is 219 g/mol. The molecule has 1 N–H and O–H groups in total. The Bertz CT molecular complexity index is 173. The molecule has 0 radical (unpaired) electrons. The zero-order valence-corrected chi connectivity index (χ0v) is 10.2. The van der Waals surface area contributed by atoms with E-state index in [-0.39, 0.29) is 5.54 Å². The summed E-state index contributed by atoms with van der Waals surface area (Å²) in [6.45, 7) is 7.47. The molecule has 2 nitrogen and oxygen atoms in total. The van der Waals surface area contributed by atoms with Gasteiger partial charge in [-0.2, -0.15) is 0 Å². The van der Waals surface area contributed by atoms with E-state index in [1.54, 1.807) is 0 Å². The van der Waals surface area contributed by atoms with Crippen molar-refractivity contribution in [2.75, 3.05) is 12.4 Å². The molecular formula is C11H22ClNO. The van der Waals surface area contributed by atoms with Gasteiger partial charge in [-0.25, -0.2) is 0 Å². The van der Waals surface area contributed by atoms with Crippen LogP contribution in [0.1, 0.15) is 40.0 Å². The summed E-state index contributed by atoms with van der Waals surface area (Å²) in [7, 11) is 0. The van der Waals surface area contributed by atoms with Crippen molar-refractivity contribution >= 4 is 11.6 Å². The maximum atomic E-state index is 5.74. The first-order valence-electron chi connectivity index (χ1n) is 5.50. The second-order valence-corrected chi connectivity index (χ2v) is 5.23. The van der Waals surface area contributed by atoms with Gasteiger partial charge in [0.2, 0.25) is 0 Å². The lowest BCUT2D eigenvalue weighted by atomic mass is 10.0. The lowest BCUT2D eigenvalue weighted by Crippen LogP contribution is -2.43. The van der Waals surface area contributed by atoms with Crippen molar-refractivity contribution < 1.29 is 4.74 Å². The Labute approximate surface area is 92.3 Å². The molecule has 0 aliphatic carbocycles. The first-order valence-corrected chi connectivity index (χ1v) is 6.03. The van der Waals surface area contributed by atoms with E-state index in [1.807, 2.05) is 0 Å². The molecule has 1 aliphatic rings. The molecule has 3 heteroatoms. The number of nitrogens with one attached hydrogen (secondary N) is 1. The molecule has 84 valence electrons. The molecule has 2 atom stereocenters. The standard InChI is InChI=1S/C11H22ClNO/c1-9-4-5-10(14-9)8-13-11(2,3)6-7-12/h9-10,13H,4-8H2,1-3H3. The third-order valence-corrected chi connectivity index (χ3v) is 3.04. The number of hydrogen-bond acceptors (Lipinski definition) is 2. The average Bonchev–Trinajstić information content (AvgIpc) is 2.48. The summed E-state index contributed by atoms with van der Waals surface area (Å²) in [4.78, 5) is 0. The molecular weight excluding hydrogens is 198 g/mol. The van der Waals surface area contributed by atoms with Gasteiger partial charge in [0.25, 0.3) is 0 Å². The van der Waals surface area contributed by atoms with Crippen LogP contribution < -0.4 is 5.32 Å². The Balaban J connectivity index is 2.19. The Hall–Kier alpha value is 0.210. The van der Waals surface area contributed by atoms with E-state index in [0.717, 1.165) is 13.0 Å². The van der Waals surface area contributed by atoms with Crippen LogP contribution in [0.15, 0.2) is 0 Å². The molecule has 2 unspecified atom stereocenters. The van der Waals surface area contributed by atoms with Gasteiger partial charge >= 0.3 is 0 Å². The van der Waals surface area contributed by atoms with E-state index in [4.69, 9.17) is 16.3 Å². The number of rotatable bonds is 5. The van der Waals surface area contributed by atoms with E-state index < -0.39 is 0 Å². The molecule has 1 aliphatic heterocycles. The topological polar surface area (TPSA) is 21.3 Å². The van der Waals surface area contributed by atoms with Crippen molar-refractivity contribution in [3.8, 4) is 0 Å². The van der Waals surface area contributed by atoms with Crippen LogP contribution in [-0.2, 0) is 4.74 Å². The summed E-state index contributed by atoms with van der Waals surface area (Å²) in [5.41, 5.74) is 0.136. The molecule has 0 spiro atoms. The molecule has 0 aromatic rings. The van der Waals surface area contributed by atoms with E-state index in [0.29, 0.717) is 18.1 Å². The minimum Gasteiger partial charge on any atom is -0.374 e. The Morgan fingerprint density at radius 2 is 2.14 bits per heavy atom. The lowest BCUT2D eigenvalue weighted by molar-refractivity contribution is 0.0515. The van der Waals surface area contributed by atoms with E-state index in [1.165, 1.54) is 12.8 Å². The average molecular weight is 220 g/mol. The van der Waals surface area contributed by atoms with Crippen molar-refractivity contribution in [1.29, 1.82) is 0 Å². The van der Waals surface area contributed by atoms with Crippen LogP contribution in [0.2, 0.25) is 0 Å². The van der Waals surface area contributed by atoms with Gasteiger partial charge in [-0.3, -0.25) is 0 Å². The van der Waals surface area contributed by atoms with Crippen LogP contribution in [-0.4, -0.2) is 30.2 Å². The quantitative estimate of drug-likeness (QED) is 0.718. The van der Waals surface area contributed by atoms with Crippen LogP contribution in [0.25, 0.3) is 0 Å². The van der Waals surface area contributed by atoms with Crippen LogP contribution >= 0.6 is 11.6 Å². The van der Waals surface area contributed by atoms with Gasteiger partial charge in [0.05, 0.1) is 12.2 Å². The third kappa shape index (κ3) is 4.16. The minimum absolute atomic E-state index is 0.136. The minimum atomic E-state index is 0.136. The number of alkyl halides is 1. The fraction of sp³-hybridized carbons (Fsp3) is 1.00. The number of ether oxygens (including phenoxy) is 1. The molecule has 1 heterocycles. The molecule has 0 aromatic heterocycles. The summed E-state index contributed by atoms with van der Waals surface area (Å²) >= 11 is 5.73. The first-order chi connectivity index (χ1) is 6.53. The van der Waals surface area contributed by atoms with Crippen LogP contribution in [0.3, 0.4) is 0 Å². The largest absolute Gasteiger partial charge is 0.374 e. The van der Waals surface area contributed by atoms with Gasteiger partial charge < -0.3 is 10.1 Å². The maximum absolute atomic E-state index is 5.74. The third-order valence-electron chi connectivity index (χ3n) is 2.85. The second-order valence-electron chi connectivity index (χ2n) is 4.85. The molecule has 0 amide bonds. The van der Waals surface area contributed by atoms with E-state index in [9.17, 15) is 0 Å². The van der Waals surface area contributed by atoms with Gasteiger partial charge in [-0.05, 0) is 40.0 Å². The highest BCUT2D eigenvalue weighted by molar-refractivity contribution is 6.17. The summed E-state index contributed by atoms with van der Waals surface area (Å²) in [6.07, 6.45) is 4.22. The summed E-state index contributed by atoms with van der Waals surface area (Å²) in [5.74, 6) is 0.710. The molecule has 1 saturated heterocycles. The van der Waals surface area contributed by atoms with Crippen molar-refractivity contribution in [2.24, 2.45) is 0 Å². The highest BCUT2D eigenvalue weighted by Gasteiger charge is 2.24. The molecule has 0 bridgehead atoms. The second kappa shape index (κ2) is 5.34. The zero-order chi connectivity index (χ0) is 10.6. The zero-order valence-electron chi connectivity index (χ0n) is 9.48. The lowest BCUT2D eigenvalue weighted by Gasteiger charge is -2.27. The van der Waals surface area contributed by atoms with Gasteiger partial charge in [-0.15, -0.1) is 11.6 Å². The van der Waals surface area contributed by atoms with Crippen LogP contribution in [0, 0.1) is 0 Å². The summed E-state index contributed by atoms with van der Waals surface area (Å²) < 4.78 is 5.74. The van der Waals surface area contributed by atoms with E-state index >= 15 is 0 Å². The molecule has 1 fully saturated rings. The Morgan fingerprint density at radius 3 is 2.64 bits per heavy atom. The SMILES string of the molecule is CC1CCC(CNC(C)(C)CCCl)O1.